The van der Waals surface area contributed by atoms with Gasteiger partial charge in [-0.1, -0.05) is 17.3 Å². The SMILES string of the molecule is COc1cccc([C@H](C(=O)NC(C)(C)C)N(C(=O)CCC(=O)Nc2cc(C)on2)C(C)(C)C)c1OC. The lowest BCUT2D eigenvalue weighted by Gasteiger charge is -2.42. The predicted octanol–water partition coefficient (Wildman–Crippen LogP) is 4.00. The van der Waals surface area contributed by atoms with Gasteiger partial charge in [-0.05, 0) is 54.5 Å². The molecule has 2 aromatic rings. The number of ether oxygens (including phenoxy) is 2. The first-order valence-electron chi connectivity index (χ1n) is 11.8. The van der Waals surface area contributed by atoms with Crippen LogP contribution in [0.4, 0.5) is 5.82 Å². The van der Waals surface area contributed by atoms with E-state index in [0.29, 0.717) is 22.8 Å². The van der Waals surface area contributed by atoms with Crippen LogP contribution in [-0.4, -0.2) is 53.1 Å². The Morgan fingerprint density at radius 2 is 1.72 bits per heavy atom. The van der Waals surface area contributed by atoms with Crippen molar-refractivity contribution in [1.29, 1.82) is 0 Å². The van der Waals surface area contributed by atoms with Gasteiger partial charge >= 0.3 is 0 Å². The molecule has 1 aromatic carbocycles. The van der Waals surface area contributed by atoms with Gasteiger partial charge in [-0.2, -0.15) is 0 Å². The highest BCUT2D eigenvalue weighted by atomic mass is 16.5. The molecule has 0 fully saturated rings. The highest BCUT2D eigenvalue weighted by Crippen LogP contribution is 2.40. The van der Waals surface area contributed by atoms with E-state index in [0.717, 1.165) is 0 Å². The quantitative estimate of drug-likeness (QED) is 0.531. The fourth-order valence-electron chi connectivity index (χ4n) is 3.84. The average Bonchev–Trinajstić information content (AvgIpc) is 3.17. The van der Waals surface area contributed by atoms with E-state index in [1.165, 1.54) is 19.1 Å². The number of aromatic nitrogens is 1. The summed E-state index contributed by atoms with van der Waals surface area (Å²) in [5.41, 5.74) is -0.849. The van der Waals surface area contributed by atoms with Gasteiger partial charge in [0, 0.05) is 35.5 Å². The van der Waals surface area contributed by atoms with Crippen molar-refractivity contribution in [2.45, 2.75) is 78.4 Å². The number of nitrogens with zero attached hydrogens (tertiary/aromatic N) is 2. The van der Waals surface area contributed by atoms with E-state index < -0.39 is 17.1 Å². The number of hydrogen-bond donors (Lipinski definition) is 2. The number of hydrogen-bond acceptors (Lipinski definition) is 7. The van der Waals surface area contributed by atoms with Crippen molar-refractivity contribution in [2.75, 3.05) is 19.5 Å². The van der Waals surface area contributed by atoms with Gasteiger partial charge in [-0.15, -0.1) is 0 Å². The van der Waals surface area contributed by atoms with Crippen LogP contribution in [0, 0.1) is 6.92 Å². The maximum absolute atomic E-state index is 13.7. The molecule has 3 amide bonds. The third kappa shape index (κ3) is 7.47. The lowest BCUT2D eigenvalue weighted by Crippen LogP contribution is -2.55. The molecule has 0 bridgehead atoms. The summed E-state index contributed by atoms with van der Waals surface area (Å²) in [7, 11) is 2.99. The number of rotatable bonds is 9. The molecule has 198 valence electrons. The van der Waals surface area contributed by atoms with Crippen molar-refractivity contribution in [3.8, 4) is 11.5 Å². The van der Waals surface area contributed by atoms with Crippen LogP contribution in [0.25, 0.3) is 0 Å². The first kappa shape index (κ1) is 28.7. The van der Waals surface area contributed by atoms with E-state index in [1.54, 1.807) is 31.2 Å². The number of nitrogens with one attached hydrogen (secondary N) is 2. The minimum Gasteiger partial charge on any atom is -0.493 e. The molecule has 0 unspecified atom stereocenters. The van der Waals surface area contributed by atoms with Crippen molar-refractivity contribution in [2.24, 2.45) is 0 Å². The number of para-hydroxylation sites is 1. The molecule has 2 rings (SSSR count). The van der Waals surface area contributed by atoms with Crippen molar-refractivity contribution in [3.63, 3.8) is 0 Å². The van der Waals surface area contributed by atoms with Gasteiger partial charge in [0.25, 0.3) is 0 Å². The van der Waals surface area contributed by atoms with Crippen molar-refractivity contribution >= 4 is 23.5 Å². The Hall–Kier alpha value is -3.56. The Bertz CT molecular complexity index is 1080. The topological polar surface area (TPSA) is 123 Å². The molecule has 10 heteroatoms. The van der Waals surface area contributed by atoms with Gasteiger partial charge in [0.05, 0.1) is 14.2 Å². The zero-order valence-corrected chi connectivity index (χ0v) is 22.6. The summed E-state index contributed by atoms with van der Waals surface area (Å²) in [5.74, 6) is 0.497. The standard InChI is InChI=1S/C26H38N4O6/c1-16-15-19(29-36-16)27-20(31)13-14-21(32)30(26(5,6)7)22(24(33)28-25(2,3)4)17-11-10-12-18(34-8)23(17)35-9/h10-12,15,22H,13-14H2,1-9H3,(H,28,33)(H,27,29,31)/t22-/m1/s1. The van der Waals surface area contributed by atoms with Crippen molar-refractivity contribution in [3.05, 3.63) is 35.6 Å². The maximum Gasteiger partial charge on any atom is 0.248 e. The Balaban J connectivity index is 2.45. The number of carbonyl (C=O) groups is 3. The largest absolute Gasteiger partial charge is 0.493 e. The molecule has 1 aromatic heterocycles. The minimum atomic E-state index is -1.04. The molecule has 1 heterocycles. The van der Waals surface area contributed by atoms with Crippen LogP contribution in [-0.2, 0) is 14.4 Å². The molecular weight excluding hydrogens is 464 g/mol. The first-order chi connectivity index (χ1) is 16.7. The monoisotopic (exact) mass is 502 g/mol. The fourth-order valence-corrected chi connectivity index (χ4v) is 3.84. The Morgan fingerprint density at radius 3 is 2.22 bits per heavy atom. The van der Waals surface area contributed by atoms with Crippen LogP contribution in [0.1, 0.15) is 71.7 Å². The van der Waals surface area contributed by atoms with Gasteiger partial charge in [0.1, 0.15) is 11.8 Å². The predicted molar refractivity (Wildman–Crippen MR) is 136 cm³/mol. The summed E-state index contributed by atoms with van der Waals surface area (Å²) in [6, 6.07) is 5.75. The van der Waals surface area contributed by atoms with Gasteiger partial charge in [-0.3, -0.25) is 14.4 Å². The van der Waals surface area contributed by atoms with Crippen LogP contribution >= 0.6 is 0 Å². The zero-order chi connectivity index (χ0) is 27.3. The fraction of sp³-hybridized carbons (Fsp3) is 0.538. The van der Waals surface area contributed by atoms with Crippen LogP contribution in [0.15, 0.2) is 28.8 Å². The molecule has 0 aliphatic heterocycles. The van der Waals surface area contributed by atoms with E-state index in [4.69, 9.17) is 14.0 Å². The number of benzene rings is 1. The number of carbonyl (C=O) groups excluding carboxylic acids is 3. The zero-order valence-electron chi connectivity index (χ0n) is 22.6. The number of aryl methyl sites for hydroxylation is 1. The number of anilines is 1. The average molecular weight is 503 g/mol. The third-order valence-electron chi connectivity index (χ3n) is 5.19. The molecule has 0 saturated heterocycles. The molecule has 1 atom stereocenters. The Morgan fingerprint density at radius 1 is 1.06 bits per heavy atom. The second-order valence-corrected chi connectivity index (χ2v) is 10.5. The summed E-state index contributed by atoms with van der Waals surface area (Å²) in [5, 5.41) is 9.34. The molecule has 0 saturated carbocycles. The molecule has 10 nitrogen and oxygen atoms in total. The van der Waals surface area contributed by atoms with E-state index >= 15 is 0 Å². The second kappa shape index (κ2) is 11.5. The van der Waals surface area contributed by atoms with Crippen molar-refractivity contribution in [1.82, 2.24) is 15.4 Å². The second-order valence-electron chi connectivity index (χ2n) is 10.5. The molecule has 0 aliphatic carbocycles. The minimum absolute atomic E-state index is 0.0970. The Kier molecular flexibility index (Phi) is 9.12. The van der Waals surface area contributed by atoms with E-state index in [2.05, 4.69) is 15.8 Å². The summed E-state index contributed by atoms with van der Waals surface area (Å²) in [4.78, 5) is 41.3. The highest BCUT2D eigenvalue weighted by Gasteiger charge is 2.41. The van der Waals surface area contributed by atoms with Crippen LogP contribution < -0.4 is 20.1 Å². The van der Waals surface area contributed by atoms with Gasteiger partial charge in [-0.25, -0.2) is 0 Å². The first-order valence-corrected chi connectivity index (χ1v) is 11.8. The van der Waals surface area contributed by atoms with Crippen LogP contribution in [0.5, 0.6) is 11.5 Å². The molecule has 2 N–H and O–H groups in total. The molecule has 0 radical (unpaired) electrons. The highest BCUT2D eigenvalue weighted by molar-refractivity contribution is 5.94. The Labute approximate surface area is 212 Å². The number of amides is 3. The molecule has 0 spiro atoms. The third-order valence-corrected chi connectivity index (χ3v) is 5.19. The van der Waals surface area contributed by atoms with Crippen LogP contribution in [0.3, 0.4) is 0 Å². The molecule has 36 heavy (non-hydrogen) atoms. The van der Waals surface area contributed by atoms with Gasteiger partial charge in [0.2, 0.25) is 17.7 Å². The van der Waals surface area contributed by atoms with E-state index in [9.17, 15) is 14.4 Å². The maximum atomic E-state index is 13.7. The molecule has 0 aliphatic rings. The van der Waals surface area contributed by atoms with Crippen LogP contribution in [0.2, 0.25) is 0 Å². The van der Waals surface area contributed by atoms with E-state index in [1.807, 2.05) is 41.5 Å². The van der Waals surface area contributed by atoms with Gasteiger partial charge in [0.15, 0.2) is 17.3 Å². The lowest BCUT2D eigenvalue weighted by molar-refractivity contribution is -0.147. The number of methoxy groups -OCH3 is 2. The summed E-state index contributed by atoms with van der Waals surface area (Å²) >= 11 is 0. The van der Waals surface area contributed by atoms with E-state index in [-0.39, 0.29) is 36.4 Å². The summed E-state index contributed by atoms with van der Waals surface area (Å²) in [6.45, 7) is 12.8. The summed E-state index contributed by atoms with van der Waals surface area (Å²) < 4.78 is 16.0. The normalized spacial score (nSPS) is 12.5. The van der Waals surface area contributed by atoms with Crippen molar-refractivity contribution < 1.29 is 28.4 Å². The lowest BCUT2D eigenvalue weighted by atomic mass is 9.94. The molecular formula is C26H38N4O6. The van der Waals surface area contributed by atoms with Gasteiger partial charge < -0.3 is 29.5 Å². The summed E-state index contributed by atoms with van der Waals surface area (Å²) in [6.07, 6.45) is -0.217. The smallest absolute Gasteiger partial charge is 0.248 e.